The van der Waals surface area contributed by atoms with Gasteiger partial charge in [0.25, 0.3) is 0 Å². The lowest BCUT2D eigenvalue weighted by Crippen LogP contribution is -2.52. The number of alkyl carbamates (subject to hydrolysis) is 1. The summed E-state index contributed by atoms with van der Waals surface area (Å²) in [4.78, 5) is 22.7. The van der Waals surface area contributed by atoms with Gasteiger partial charge in [-0.2, -0.15) is 0 Å². The maximum absolute atomic E-state index is 12.0. The molecule has 0 heterocycles. The minimum Gasteiger partial charge on any atom is -0.444 e. The third-order valence-corrected chi connectivity index (χ3v) is 3.55. The second-order valence-corrected chi connectivity index (χ2v) is 6.30. The van der Waals surface area contributed by atoms with E-state index in [1.807, 2.05) is 32.9 Å². The molecule has 0 unspecified atom stereocenters. The summed E-state index contributed by atoms with van der Waals surface area (Å²) in [6, 6.07) is 7.36. The van der Waals surface area contributed by atoms with E-state index in [2.05, 4.69) is 5.32 Å². The third kappa shape index (κ3) is 3.18. The fourth-order valence-corrected chi connectivity index (χ4v) is 2.40. The molecular weight excluding hydrogens is 254 g/mol. The Morgan fingerprint density at radius 1 is 1.25 bits per heavy atom. The van der Waals surface area contributed by atoms with Gasteiger partial charge in [0, 0.05) is 5.56 Å². The van der Waals surface area contributed by atoms with Crippen LogP contribution in [0.25, 0.3) is 0 Å². The molecule has 108 valence electrons. The van der Waals surface area contributed by atoms with Crippen molar-refractivity contribution in [1.29, 1.82) is 0 Å². The number of aldehydes is 1. The predicted molar refractivity (Wildman–Crippen MR) is 76.7 cm³/mol. The Hall–Kier alpha value is -1.84. The molecule has 20 heavy (non-hydrogen) atoms. The van der Waals surface area contributed by atoms with E-state index in [-0.39, 0.29) is 5.54 Å². The van der Waals surface area contributed by atoms with E-state index in [1.165, 1.54) is 0 Å². The number of hydrogen-bond acceptors (Lipinski definition) is 3. The van der Waals surface area contributed by atoms with Crippen LogP contribution < -0.4 is 5.32 Å². The Kier molecular flexibility index (Phi) is 3.84. The molecule has 1 amide bonds. The van der Waals surface area contributed by atoms with E-state index in [1.54, 1.807) is 12.1 Å². The van der Waals surface area contributed by atoms with Crippen LogP contribution in [-0.2, 0) is 10.3 Å². The average Bonchev–Trinajstić information content (AvgIpc) is 2.32. The Balaban J connectivity index is 2.12. The number of ether oxygens (including phenoxy) is 1. The van der Waals surface area contributed by atoms with Crippen molar-refractivity contribution in [2.24, 2.45) is 0 Å². The number of hydrogen-bond donors (Lipinski definition) is 1. The van der Waals surface area contributed by atoms with Crippen LogP contribution in [0.15, 0.2) is 24.3 Å². The van der Waals surface area contributed by atoms with Gasteiger partial charge in [0.1, 0.15) is 11.9 Å². The van der Waals surface area contributed by atoms with Crippen LogP contribution in [0.2, 0.25) is 0 Å². The van der Waals surface area contributed by atoms with E-state index < -0.39 is 11.7 Å². The van der Waals surface area contributed by atoms with Crippen molar-refractivity contribution in [2.45, 2.75) is 51.2 Å². The number of carbonyl (C=O) groups is 2. The molecule has 0 bridgehead atoms. The van der Waals surface area contributed by atoms with Gasteiger partial charge in [-0.05, 0) is 45.6 Å². The lowest BCUT2D eigenvalue weighted by molar-refractivity contribution is 0.0377. The van der Waals surface area contributed by atoms with Crippen molar-refractivity contribution in [3.8, 4) is 0 Å². The van der Waals surface area contributed by atoms with Crippen molar-refractivity contribution < 1.29 is 14.3 Å². The van der Waals surface area contributed by atoms with Gasteiger partial charge in [0.15, 0.2) is 0 Å². The van der Waals surface area contributed by atoms with Crippen LogP contribution in [0.1, 0.15) is 56.0 Å². The zero-order valence-corrected chi connectivity index (χ0v) is 12.2. The molecule has 1 aliphatic rings. The van der Waals surface area contributed by atoms with E-state index >= 15 is 0 Å². The molecule has 0 aromatic heterocycles. The molecule has 4 heteroatoms. The van der Waals surface area contributed by atoms with Gasteiger partial charge in [-0.15, -0.1) is 0 Å². The van der Waals surface area contributed by atoms with Crippen LogP contribution in [0.3, 0.4) is 0 Å². The molecule has 1 fully saturated rings. The Labute approximate surface area is 119 Å². The van der Waals surface area contributed by atoms with Crippen LogP contribution >= 0.6 is 0 Å². The van der Waals surface area contributed by atoms with Crippen LogP contribution in [0, 0.1) is 0 Å². The zero-order valence-electron chi connectivity index (χ0n) is 12.2. The highest BCUT2D eigenvalue weighted by Crippen LogP contribution is 2.41. The topological polar surface area (TPSA) is 55.4 Å². The minimum absolute atomic E-state index is 0.344. The molecule has 1 saturated carbocycles. The molecule has 0 saturated heterocycles. The Bertz CT molecular complexity index is 495. The van der Waals surface area contributed by atoms with E-state index in [9.17, 15) is 9.59 Å². The maximum Gasteiger partial charge on any atom is 0.408 e. The van der Waals surface area contributed by atoms with Gasteiger partial charge in [0.2, 0.25) is 0 Å². The smallest absolute Gasteiger partial charge is 0.408 e. The van der Waals surface area contributed by atoms with Gasteiger partial charge in [-0.1, -0.05) is 24.3 Å². The van der Waals surface area contributed by atoms with Crippen molar-refractivity contribution >= 4 is 12.4 Å². The molecular formula is C16H21NO3. The SMILES string of the molecule is CC(C)(C)OC(=O)NC1(c2ccc(C=O)cc2)CCC1. The molecule has 1 aromatic rings. The highest BCUT2D eigenvalue weighted by Gasteiger charge is 2.41. The summed E-state index contributed by atoms with van der Waals surface area (Å²) in [7, 11) is 0. The molecule has 0 radical (unpaired) electrons. The van der Waals surface area contributed by atoms with E-state index in [0.29, 0.717) is 5.56 Å². The summed E-state index contributed by atoms with van der Waals surface area (Å²) in [5, 5.41) is 2.99. The fourth-order valence-electron chi connectivity index (χ4n) is 2.40. The monoisotopic (exact) mass is 275 g/mol. The standard InChI is InChI=1S/C16H21NO3/c1-15(2,3)20-14(19)17-16(9-4-10-16)13-7-5-12(11-18)6-8-13/h5-8,11H,4,9-10H2,1-3H3,(H,17,19). The van der Waals surface area contributed by atoms with Gasteiger partial charge >= 0.3 is 6.09 Å². The highest BCUT2D eigenvalue weighted by atomic mass is 16.6. The summed E-state index contributed by atoms with van der Waals surface area (Å²) in [5.41, 5.74) is 0.820. The Morgan fingerprint density at radius 2 is 1.85 bits per heavy atom. The van der Waals surface area contributed by atoms with Gasteiger partial charge in [-0.25, -0.2) is 4.79 Å². The van der Waals surface area contributed by atoms with Crippen molar-refractivity contribution in [3.63, 3.8) is 0 Å². The summed E-state index contributed by atoms with van der Waals surface area (Å²) in [6.45, 7) is 5.54. The number of carbonyl (C=O) groups excluding carboxylic acids is 2. The van der Waals surface area contributed by atoms with Crippen molar-refractivity contribution in [2.75, 3.05) is 0 Å². The number of nitrogens with one attached hydrogen (secondary N) is 1. The van der Waals surface area contributed by atoms with Gasteiger partial charge < -0.3 is 10.1 Å². The first-order valence-electron chi connectivity index (χ1n) is 6.92. The normalized spacial score (nSPS) is 16.9. The predicted octanol–water partition coefficient (Wildman–Crippen LogP) is 3.40. The van der Waals surface area contributed by atoms with Gasteiger partial charge in [-0.3, -0.25) is 4.79 Å². The molecule has 1 aromatic carbocycles. The van der Waals surface area contributed by atoms with E-state index in [0.717, 1.165) is 31.1 Å². The summed E-state index contributed by atoms with van der Waals surface area (Å²) < 4.78 is 5.33. The number of amides is 1. The average molecular weight is 275 g/mol. The summed E-state index contributed by atoms with van der Waals surface area (Å²) in [6.07, 6.45) is 3.29. The van der Waals surface area contributed by atoms with Crippen molar-refractivity contribution in [1.82, 2.24) is 5.32 Å². The summed E-state index contributed by atoms with van der Waals surface area (Å²) in [5.74, 6) is 0. The third-order valence-electron chi connectivity index (χ3n) is 3.55. The first-order chi connectivity index (χ1) is 9.35. The highest BCUT2D eigenvalue weighted by molar-refractivity contribution is 5.75. The van der Waals surface area contributed by atoms with Crippen molar-refractivity contribution in [3.05, 3.63) is 35.4 Å². The molecule has 2 rings (SSSR count). The quantitative estimate of drug-likeness (QED) is 0.860. The fraction of sp³-hybridized carbons (Fsp3) is 0.500. The summed E-state index contributed by atoms with van der Waals surface area (Å²) >= 11 is 0. The molecule has 0 spiro atoms. The molecule has 0 aliphatic heterocycles. The number of rotatable bonds is 3. The van der Waals surface area contributed by atoms with Crippen LogP contribution in [0.4, 0.5) is 4.79 Å². The maximum atomic E-state index is 12.0. The molecule has 4 nitrogen and oxygen atoms in total. The van der Waals surface area contributed by atoms with Gasteiger partial charge in [0.05, 0.1) is 5.54 Å². The second-order valence-electron chi connectivity index (χ2n) is 6.30. The second kappa shape index (κ2) is 5.27. The molecule has 1 N–H and O–H groups in total. The molecule has 1 aliphatic carbocycles. The lowest BCUT2D eigenvalue weighted by atomic mass is 9.72. The van der Waals surface area contributed by atoms with Crippen LogP contribution in [0.5, 0.6) is 0 Å². The van der Waals surface area contributed by atoms with E-state index in [4.69, 9.17) is 4.74 Å². The number of benzene rings is 1. The van der Waals surface area contributed by atoms with Crippen LogP contribution in [-0.4, -0.2) is 18.0 Å². The zero-order chi connectivity index (χ0) is 14.8. The minimum atomic E-state index is -0.504. The first-order valence-corrected chi connectivity index (χ1v) is 6.92. The largest absolute Gasteiger partial charge is 0.444 e. The molecule has 0 atom stereocenters. The lowest BCUT2D eigenvalue weighted by Gasteiger charge is -2.43. The first kappa shape index (κ1) is 14.6. The Morgan fingerprint density at radius 3 is 2.25 bits per heavy atom.